The average Bonchev–Trinajstić information content (AvgIpc) is 2.97. The molecule has 1 spiro atoms. The van der Waals surface area contributed by atoms with Gasteiger partial charge in [0.1, 0.15) is 17.2 Å². The van der Waals surface area contributed by atoms with Gasteiger partial charge in [-0.1, -0.05) is 61.7 Å². The van der Waals surface area contributed by atoms with Crippen molar-refractivity contribution in [3.05, 3.63) is 90.0 Å². The Hall–Kier alpha value is -3.21. The summed E-state index contributed by atoms with van der Waals surface area (Å²) >= 11 is 0. The third kappa shape index (κ3) is 6.99. The Morgan fingerprint density at radius 2 is 1.59 bits per heavy atom. The summed E-state index contributed by atoms with van der Waals surface area (Å²) in [5.41, 5.74) is 5.04. The highest BCUT2D eigenvalue weighted by Crippen LogP contribution is 2.38. The molecule has 4 nitrogen and oxygen atoms in total. The van der Waals surface area contributed by atoms with Gasteiger partial charge in [-0.15, -0.1) is 12.4 Å². The molecule has 6 rings (SSSR count). The molecule has 1 unspecified atom stereocenters. The van der Waals surface area contributed by atoms with Gasteiger partial charge in [0.25, 0.3) is 0 Å². The predicted molar refractivity (Wildman–Crippen MR) is 170 cm³/mol. The van der Waals surface area contributed by atoms with Crippen molar-refractivity contribution in [2.45, 2.75) is 69.7 Å². The van der Waals surface area contributed by atoms with Crippen LogP contribution in [0.3, 0.4) is 0 Å². The van der Waals surface area contributed by atoms with Crippen LogP contribution in [0.4, 0.5) is 0 Å². The van der Waals surface area contributed by atoms with Gasteiger partial charge >= 0.3 is 0 Å². The molecule has 0 radical (unpaired) electrons. The van der Waals surface area contributed by atoms with Crippen LogP contribution in [0, 0.1) is 5.92 Å². The number of phenols is 2. The summed E-state index contributed by atoms with van der Waals surface area (Å²) in [5, 5.41) is 25.8. The van der Waals surface area contributed by atoms with Gasteiger partial charge in [-0.3, -0.25) is 0 Å². The fourth-order valence-corrected chi connectivity index (χ4v) is 7.08. The second-order valence-electron chi connectivity index (χ2n) is 12.0. The zero-order chi connectivity index (χ0) is 27.4. The Morgan fingerprint density at radius 1 is 0.829 bits per heavy atom. The lowest BCUT2D eigenvalue weighted by atomic mass is 9.72. The summed E-state index contributed by atoms with van der Waals surface area (Å²) in [6.45, 7) is 1.95. The predicted octanol–water partition coefficient (Wildman–Crippen LogP) is 8.79. The van der Waals surface area contributed by atoms with E-state index in [0.29, 0.717) is 5.54 Å². The van der Waals surface area contributed by atoms with Gasteiger partial charge in [0.2, 0.25) is 0 Å². The lowest BCUT2D eigenvalue weighted by molar-refractivity contribution is 0.134. The van der Waals surface area contributed by atoms with E-state index in [2.05, 4.69) is 41.7 Å². The Morgan fingerprint density at radius 3 is 2.37 bits per heavy atom. The lowest BCUT2D eigenvalue weighted by Crippen LogP contribution is -2.52. The van der Waals surface area contributed by atoms with Crippen molar-refractivity contribution >= 4 is 23.2 Å². The molecule has 0 amide bonds. The maximum absolute atomic E-state index is 10.0. The van der Waals surface area contributed by atoms with Crippen LogP contribution in [-0.2, 0) is 6.42 Å². The monoisotopic (exact) mass is 571 g/mol. The maximum atomic E-state index is 10.0. The number of nitrogens with one attached hydrogen (secondary N) is 1. The lowest BCUT2D eigenvalue weighted by Gasteiger charge is -2.44. The number of aromatic hydroxyl groups is 2. The van der Waals surface area contributed by atoms with Crippen LogP contribution >= 0.6 is 12.4 Å². The molecule has 1 atom stereocenters. The van der Waals surface area contributed by atoms with Gasteiger partial charge < -0.3 is 20.3 Å². The van der Waals surface area contributed by atoms with Gasteiger partial charge in [-0.25, -0.2) is 0 Å². The Kier molecular flexibility index (Phi) is 9.42. The zero-order valence-corrected chi connectivity index (χ0v) is 24.6. The average molecular weight is 572 g/mol. The van der Waals surface area contributed by atoms with Gasteiger partial charge in [0, 0.05) is 5.54 Å². The minimum Gasteiger partial charge on any atom is -0.508 e. The number of benzene rings is 4. The third-order valence-electron chi connectivity index (χ3n) is 9.17. The molecular formula is C36H42ClNO3. The highest BCUT2D eigenvalue weighted by molar-refractivity contribution is 5.93. The molecule has 4 aromatic carbocycles. The van der Waals surface area contributed by atoms with Crippen LogP contribution < -0.4 is 10.1 Å². The highest BCUT2D eigenvalue weighted by atomic mass is 35.5. The number of ether oxygens (including phenoxy) is 1. The molecule has 5 heteroatoms. The van der Waals surface area contributed by atoms with E-state index >= 15 is 0 Å². The summed E-state index contributed by atoms with van der Waals surface area (Å²) in [4.78, 5) is 0. The Bertz CT molecular complexity index is 1420. The summed E-state index contributed by atoms with van der Waals surface area (Å²) in [6, 6.07) is 25.6. The number of rotatable bonds is 8. The van der Waals surface area contributed by atoms with Crippen molar-refractivity contribution in [1.82, 2.24) is 5.32 Å². The number of fused-ring (bicyclic) bond motifs is 1. The van der Waals surface area contributed by atoms with Crippen molar-refractivity contribution in [1.29, 1.82) is 0 Å². The van der Waals surface area contributed by atoms with Crippen LogP contribution in [0.2, 0.25) is 0 Å². The van der Waals surface area contributed by atoms with Crippen molar-refractivity contribution in [2.24, 2.45) is 5.92 Å². The summed E-state index contributed by atoms with van der Waals surface area (Å²) in [7, 11) is 0. The first-order valence-electron chi connectivity index (χ1n) is 15.1. The second-order valence-corrected chi connectivity index (χ2v) is 12.0. The number of hydrogen-bond acceptors (Lipinski definition) is 4. The molecule has 216 valence electrons. The molecule has 1 aliphatic heterocycles. The first-order valence-corrected chi connectivity index (χ1v) is 15.1. The SMILES string of the molecule is Cl.Oc1ccc(-c2ccc3cc(O)ccc3c2Cc2ccc(OCCCC3CCNC4(CCCCC4)C3)cc2)cc1. The number of halogens is 1. The van der Waals surface area contributed by atoms with Crippen LogP contribution in [0.5, 0.6) is 17.2 Å². The van der Waals surface area contributed by atoms with Crippen LogP contribution in [0.15, 0.2) is 78.9 Å². The third-order valence-corrected chi connectivity index (χ3v) is 9.17. The Labute approximate surface area is 250 Å². The van der Waals surface area contributed by atoms with Crippen LogP contribution in [-0.4, -0.2) is 28.9 Å². The van der Waals surface area contributed by atoms with E-state index in [0.717, 1.165) is 53.0 Å². The molecule has 1 saturated carbocycles. The molecule has 1 saturated heterocycles. The topological polar surface area (TPSA) is 61.7 Å². The zero-order valence-electron chi connectivity index (χ0n) is 23.8. The van der Waals surface area contributed by atoms with Crippen molar-refractivity contribution < 1.29 is 14.9 Å². The fourth-order valence-electron chi connectivity index (χ4n) is 7.08. The molecule has 2 aliphatic rings. The van der Waals surface area contributed by atoms with Crippen molar-refractivity contribution in [3.63, 3.8) is 0 Å². The van der Waals surface area contributed by atoms with Gasteiger partial charge in [-0.2, -0.15) is 0 Å². The molecule has 2 fully saturated rings. The minimum atomic E-state index is 0. The fraction of sp³-hybridized carbons (Fsp3) is 0.389. The first-order chi connectivity index (χ1) is 19.6. The molecule has 1 aliphatic carbocycles. The van der Waals surface area contributed by atoms with E-state index in [4.69, 9.17) is 4.74 Å². The van der Waals surface area contributed by atoms with E-state index in [9.17, 15) is 10.2 Å². The number of piperidine rings is 1. The highest BCUT2D eigenvalue weighted by Gasteiger charge is 2.36. The van der Waals surface area contributed by atoms with Crippen LogP contribution in [0.1, 0.15) is 68.9 Å². The molecule has 0 bridgehead atoms. The van der Waals surface area contributed by atoms with E-state index < -0.39 is 0 Å². The molecular weight excluding hydrogens is 530 g/mol. The summed E-state index contributed by atoms with van der Waals surface area (Å²) in [6.07, 6.45) is 12.7. The normalized spacial score (nSPS) is 18.2. The standard InChI is InChI=1S/C36H41NO3.ClH/c38-30-11-8-28(9-12-30)33-16-10-29-24-31(39)13-17-34(29)35(33)23-26-6-14-32(15-7-26)40-22-4-5-27-18-21-37-36(25-27)19-2-1-3-20-36;/h6-17,24,27,37-39H,1-5,18-23,25H2;1H. The second kappa shape index (κ2) is 13.2. The molecule has 0 aromatic heterocycles. The number of hydrogen-bond donors (Lipinski definition) is 3. The maximum Gasteiger partial charge on any atom is 0.119 e. The first kappa shape index (κ1) is 29.3. The Balaban J connectivity index is 0.00000337. The summed E-state index contributed by atoms with van der Waals surface area (Å²) < 4.78 is 6.16. The van der Waals surface area contributed by atoms with Gasteiger partial charge in [0.15, 0.2) is 0 Å². The quantitative estimate of drug-likeness (QED) is 0.185. The molecule has 3 N–H and O–H groups in total. The summed E-state index contributed by atoms with van der Waals surface area (Å²) in [5.74, 6) is 2.29. The van der Waals surface area contributed by atoms with E-state index in [1.54, 1.807) is 18.2 Å². The van der Waals surface area contributed by atoms with Crippen LogP contribution in [0.25, 0.3) is 21.9 Å². The van der Waals surface area contributed by atoms with Crippen molar-refractivity contribution in [2.75, 3.05) is 13.2 Å². The minimum absolute atomic E-state index is 0. The largest absolute Gasteiger partial charge is 0.508 e. The smallest absolute Gasteiger partial charge is 0.119 e. The molecule has 4 aromatic rings. The van der Waals surface area contributed by atoms with Crippen molar-refractivity contribution in [3.8, 4) is 28.4 Å². The van der Waals surface area contributed by atoms with Gasteiger partial charge in [-0.05, 0) is 127 Å². The number of phenolic OH excluding ortho intramolecular Hbond substituents is 2. The van der Waals surface area contributed by atoms with E-state index in [1.807, 2.05) is 24.3 Å². The van der Waals surface area contributed by atoms with E-state index in [1.165, 1.54) is 69.0 Å². The molecule has 41 heavy (non-hydrogen) atoms. The molecule has 1 heterocycles. The van der Waals surface area contributed by atoms with E-state index in [-0.39, 0.29) is 23.9 Å². The van der Waals surface area contributed by atoms with Gasteiger partial charge in [0.05, 0.1) is 6.61 Å².